The van der Waals surface area contributed by atoms with E-state index < -0.39 is 0 Å². The highest BCUT2D eigenvalue weighted by molar-refractivity contribution is 8.00. The van der Waals surface area contributed by atoms with Crippen molar-refractivity contribution in [1.82, 2.24) is 0 Å². The van der Waals surface area contributed by atoms with Gasteiger partial charge in [0.1, 0.15) is 0 Å². The van der Waals surface area contributed by atoms with Crippen LogP contribution in [0.25, 0.3) is 0 Å². The molecule has 0 aliphatic heterocycles. The van der Waals surface area contributed by atoms with E-state index >= 15 is 0 Å². The SMILES string of the molecule is [CH2]CCC(CCCCSC(C)C)SCCC. The van der Waals surface area contributed by atoms with Gasteiger partial charge in [0.05, 0.1) is 0 Å². The number of thioether (sulfide) groups is 2. The van der Waals surface area contributed by atoms with Crippen molar-refractivity contribution >= 4 is 23.5 Å². The smallest absolute Gasteiger partial charge is 0.00470 e. The summed E-state index contributed by atoms with van der Waals surface area (Å²) >= 11 is 4.26. The second-order valence-corrected chi connectivity index (χ2v) is 7.64. The summed E-state index contributed by atoms with van der Waals surface area (Å²) in [5.41, 5.74) is 0. The van der Waals surface area contributed by atoms with Crippen LogP contribution in [0, 0.1) is 6.92 Å². The first-order valence-corrected chi connectivity index (χ1v) is 8.82. The van der Waals surface area contributed by atoms with Crippen molar-refractivity contribution < 1.29 is 0 Å². The summed E-state index contributed by atoms with van der Waals surface area (Å²) < 4.78 is 0. The van der Waals surface area contributed by atoms with Crippen LogP contribution in [-0.4, -0.2) is 22.0 Å². The second kappa shape index (κ2) is 12.2. The molecule has 0 amide bonds. The molecule has 0 bridgehead atoms. The van der Waals surface area contributed by atoms with Crippen molar-refractivity contribution in [3.05, 3.63) is 6.92 Å². The Bertz CT molecular complexity index is 135. The summed E-state index contributed by atoms with van der Waals surface area (Å²) in [5.74, 6) is 2.67. The average Bonchev–Trinajstić information content (AvgIpc) is 2.24. The fourth-order valence-corrected chi connectivity index (χ4v) is 3.69. The second-order valence-electron chi connectivity index (χ2n) is 4.55. The molecule has 0 fully saturated rings. The molecule has 0 rings (SSSR count). The minimum atomic E-state index is 0.796. The average molecular weight is 262 g/mol. The van der Waals surface area contributed by atoms with Gasteiger partial charge in [0.25, 0.3) is 0 Å². The van der Waals surface area contributed by atoms with E-state index in [0.29, 0.717) is 0 Å². The van der Waals surface area contributed by atoms with Gasteiger partial charge >= 0.3 is 0 Å². The van der Waals surface area contributed by atoms with Gasteiger partial charge < -0.3 is 0 Å². The maximum absolute atomic E-state index is 3.98. The molecule has 0 saturated carbocycles. The van der Waals surface area contributed by atoms with E-state index in [-0.39, 0.29) is 0 Å². The van der Waals surface area contributed by atoms with E-state index in [4.69, 9.17) is 0 Å². The maximum Gasteiger partial charge on any atom is 0.00470 e. The van der Waals surface area contributed by atoms with Gasteiger partial charge in [-0.15, -0.1) is 0 Å². The van der Waals surface area contributed by atoms with Crippen LogP contribution in [0.4, 0.5) is 0 Å². The minimum absolute atomic E-state index is 0.796. The van der Waals surface area contributed by atoms with Crippen molar-refractivity contribution in [3.63, 3.8) is 0 Å². The first-order valence-electron chi connectivity index (χ1n) is 6.73. The largest absolute Gasteiger partial charge is 0.159 e. The van der Waals surface area contributed by atoms with Gasteiger partial charge in [0, 0.05) is 5.25 Å². The van der Waals surface area contributed by atoms with Crippen molar-refractivity contribution in [1.29, 1.82) is 0 Å². The molecule has 1 radical (unpaired) electrons. The zero-order valence-corrected chi connectivity index (χ0v) is 13.0. The van der Waals surface area contributed by atoms with Crippen molar-refractivity contribution in [3.8, 4) is 0 Å². The Kier molecular flexibility index (Phi) is 12.7. The normalized spacial score (nSPS) is 13.3. The molecule has 97 valence electrons. The lowest BCUT2D eigenvalue weighted by molar-refractivity contribution is 0.653. The molecule has 0 aromatic carbocycles. The summed E-state index contributed by atoms with van der Waals surface area (Å²) in [6, 6.07) is 0. The molecule has 0 N–H and O–H groups in total. The van der Waals surface area contributed by atoms with Gasteiger partial charge in [0.15, 0.2) is 0 Å². The topological polar surface area (TPSA) is 0 Å². The predicted octanol–water partition coefficient (Wildman–Crippen LogP) is 5.42. The fourth-order valence-electron chi connectivity index (χ4n) is 1.62. The summed E-state index contributed by atoms with van der Waals surface area (Å²) in [4.78, 5) is 0. The van der Waals surface area contributed by atoms with Crippen LogP contribution in [0.2, 0.25) is 0 Å². The van der Waals surface area contributed by atoms with Gasteiger partial charge in [0.2, 0.25) is 0 Å². The molecule has 0 aliphatic rings. The third kappa shape index (κ3) is 11.2. The molecule has 1 unspecified atom stereocenters. The fraction of sp³-hybridized carbons (Fsp3) is 0.929. The molecular formula is C14H29S2. The monoisotopic (exact) mass is 261 g/mol. The Morgan fingerprint density at radius 1 is 1.00 bits per heavy atom. The van der Waals surface area contributed by atoms with Crippen LogP contribution in [0.1, 0.15) is 59.3 Å². The molecule has 0 aromatic rings. The zero-order chi connectivity index (χ0) is 12.2. The van der Waals surface area contributed by atoms with Crippen LogP contribution in [0.5, 0.6) is 0 Å². The number of hydrogen-bond donors (Lipinski definition) is 0. The molecular weight excluding hydrogens is 232 g/mol. The molecule has 0 saturated heterocycles. The van der Waals surface area contributed by atoms with Crippen molar-refractivity contribution in [2.45, 2.75) is 69.8 Å². The lowest BCUT2D eigenvalue weighted by atomic mass is 10.1. The predicted molar refractivity (Wildman–Crippen MR) is 82.6 cm³/mol. The van der Waals surface area contributed by atoms with Gasteiger partial charge in [-0.3, -0.25) is 0 Å². The first-order chi connectivity index (χ1) is 7.70. The Morgan fingerprint density at radius 3 is 2.31 bits per heavy atom. The van der Waals surface area contributed by atoms with E-state index in [2.05, 4.69) is 51.2 Å². The Balaban J connectivity index is 3.43. The molecule has 2 heteroatoms. The van der Waals surface area contributed by atoms with E-state index in [1.54, 1.807) is 0 Å². The van der Waals surface area contributed by atoms with E-state index in [1.807, 2.05) is 0 Å². The quantitative estimate of drug-likeness (QED) is 0.455. The third-order valence-electron chi connectivity index (χ3n) is 2.46. The van der Waals surface area contributed by atoms with Crippen LogP contribution in [-0.2, 0) is 0 Å². The summed E-state index contributed by atoms with van der Waals surface area (Å²) in [7, 11) is 0. The highest BCUT2D eigenvalue weighted by Gasteiger charge is 2.07. The van der Waals surface area contributed by atoms with E-state index in [0.717, 1.165) is 16.9 Å². The zero-order valence-electron chi connectivity index (χ0n) is 11.3. The first kappa shape index (κ1) is 16.7. The van der Waals surface area contributed by atoms with E-state index in [1.165, 1.54) is 43.6 Å². The molecule has 0 aliphatic carbocycles. The number of unbranched alkanes of at least 4 members (excludes halogenated alkanes) is 1. The van der Waals surface area contributed by atoms with Gasteiger partial charge in [-0.1, -0.05) is 40.5 Å². The minimum Gasteiger partial charge on any atom is -0.159 e. The van der Waals surface area contributed by atoms with Crippen LogP contribution < -0.4 is 0 Å². The van der Waals surface area contributed by atoms with Crippen molar-refractivity contribution in [2.24, 2.45) is 0 Å². The lowest BCUT2D eigenvalue weighted by Crippen LogP contribution is -2.03. The van der Waals surface area contributed by atoms with Gasteiger partial charge in [-0.2, -0.15) is 23.5 Å². The molecule has 0 nitrogen and oxygen atoms in total. The van der Waals surface area contributed by atoms with Crippen LogP contribution in [0.3, 0.4) is 0 Å². The Morgan fingerprint density at radius 2 is 1.75 bits per heavy atom. The van der Waals surface area contributed by atoms with Crippen LogP contribution >= 0.6 is 23.5 Å². The lowest BCUT2D eigenvalue weighted by Gasteiger charge is -2.15. The van der Waals surface area contributed by atoms with Gasteiger partial charge in [-0.25, -0.2) is 0 Å². The summed E-state index contributed by atoms with van der Waals surface area (Å²) in [6.07, 6.45) is 7.91. The molecule has 0 heterocycles. The molecule has 1 atom stereocenters. The molecule has 16 heavy (non-hydrogen) atoms. The number of rotatable bonds is 11. The van der Waals surface area contributed by atoms with Crippen LogP contribution in [0.15, 0.2) is 0 Å². The Hall–Kier alpha value is 0.700. The highest BCUT2D eigenvalue weighted by atomic mass is 32.2. The third-order valence-corrected chi connectivity index (χ3v) is 5.23. The molecule has 0 spiro atoms. The number of hydrogen-bond acceptors (Lipinski definition) is 2. The molecule has 0 aromatic heterocycles. The highest BCUT2D eigenvalue weighted by Crippen LogP contribution is 2.23. The summed E-state index contributed by atoms with van der Waals surface area (Å²) in [5, 5.41) is 1.67. The van der Waals surface area contributed by atoms with Gasteiger partial charge in [-0.05, 0) is 42.4 Å². The summed E-state index contributed by atoms with van der Waals surface area (Å²) in [6.45, 7) is 10.8. The Labute approximate surface area is 112 Å². The maximum atomic E-state index is 3.98. The standard InChI is InChI=1S/C14H29S2/c1-5-9-14(16-11-6-2)10-7-8-12-15-13(3)4/h13-14H,1,5-12H2,2-4H3. The van der Waals surface area contributed by atoms with E-state index in [9.17, 15) is 0 Å². The van der Waals surface area contributed by atoms with Crippen molar-refractivity contribution in [2.75, 3.05) is 11.5 Å².